The van der Waals surface area contributed by atoms with E-state index in [1.54, 1.807) is 6.20 Å². The Morgan fingerprint density at radius 3 is 2.54 bits per heavy atom. The van der Waals surface area contributed by atoms with E-state index in [1.807, 2.05) is 22.7 Å². The van der Waals surface area contributed by atoms with Crippen LogP contribution in [-0.4, -0.2) is 87.8 Å². The van der Waals surface area contributed by atoms with Gasteiger partial charge in [0, 0.05) is 58.2 Å². The summed E-state index contributed by atoms with van der Waals surface area (Å²) < 4.78 is 1.96. The Hall–Kier alpha value is -1.05. The van der Waals surface area contributed by atoms with Crippen LogP contribution in [0.3, 0.4) is 0 Å². The number of aryl methyl sites for hydroxylation is 1. The summed E-state index contributed by atoms with van der Waals surface area (Å²) in [7, 11) is 1.96. The van der Waals surface area contributed by atoms with E-state index in [1.165, 1.54) is 44.2 Å². The van der Waals surface area contributed by atoms with Crippen LogP contribution < -0.4 is 0 Å². The minimum absolute atomic E-state index is 0.247. The van der Waals surface area contributed by atoms with Gasteiger partial charge in [0.25, 0.3) is 0 Å². The first kappa shape index (κ1) is 16.4. The van der Waals surface area contributed by atoms with Crippen LogP contribution in [0.2, 0.25) is 0 Å². The van der Waals surface area contributed by atoms with Crippen LogP contribution in [0.15, 0.2) is 17.6 Å². The summed E-state index contributed by atoms with van der Waals surface area (Å²) in [6.45, 7) is 7.66. The number of imidazole rings is 1. The summed E-state index contributed by atoms with van der Waals surface area (Å²) >= 11 is 1.53. The van der Waals surface area contributed by atoms with E-state index in [9.17, 15) is 4.79 Å². The second-order valence-electron chi connectivity index (χ2n) is 7.23. The molecule has 0 radical (unpaired) electrons. The van der Waals surface area contributed by atoms with Gasteiger partial charge in [-0.25, -0.2) is 4.98 Å². The Bertz CT molecular complexity index is 575. The van der Waals surface area contributed by atoms with Gasteiger partial charge in [0.05, 0.1) is 5.75 Å². The molecular weight excluding hydrogens is 322 g/mol. The highest BCUT2D eigenvalue weighted by Gasteiger charge is 2.38. The lowest BCUT2D eigenvalue weighted by molar-refractivity contribution is -0.131. The number of nitrogens with zero attached hydrogens (tertiary/aromatic N) is 5. The van der Waals surface area contributed by atoms with Gasteiger partial charge in [-0.1, -0.05) is 11.8 Å². The first-order valence-electron chi connectivity index (χ1n) is 9.05. The SMILES string of the molecule is Cn1ccnc1SCC(=O)N1CCN(C2CN3CCC2CC3)CC1. The van der Waals surface area contributed by atoms with Crippen LogP contribution in [0.25, 0.3) is 0 Å². The van der Waals surface area contributed by atoms with Gasteiger partial charge in [-0.05, 0) is 31.8 Å². The third kappa shape index (κ3) is 3.34. The fraction of sp³-hybridized carbons (Fsp3) is 0.765. The first-order chi connectivity index (χ1) is 11.7. The molecule has 0 saturated carbocycles. The van der Waals surface area contributed by atoms with Crippen molar-refractivity contribution in [3.8, 4) is 0 Å². The minimum atomic E-state index is 0.247. The first-order valence-corrected chi connectivity index (χ1v) is 10.0. The molecule has 4 saturated heterocycles. The zero-order valence-corrected chi connectivity index (χ0v) is 15.2. The van der Waals surface area contributed by atoms with Crippen LogP contribution in [0.5, 0.6) is 0 Å². The molecule has 24 heavy (non-hydrogen) atoms. The summed E-state index contributed by atoms with van der Waals surface area (Å²) in [5.74, 6) is 1.62. The van der Waals surface area contributed by atoms with E-state index in [0.717, 1.165) is 43.3 Å². The number of piperidine rings is 3. The van der Waals surface area contributed by atoms with Crippen molar-refractivity contribution in [3.05, 3.63) is 12.4 Å². The lowest BCUT2D eigenvalue weighted by atomic mass is 9.83. The number of thioether (sulfide) groups is 1. The van der Waals surface area contributed by atoms with Crippen molar-refractivity contribution in [2.75, 3.05) is 51.6 Å². The molecule has 6 nitrogen and oxygen atoms in total. The van der Waals surface area contributed by atoms with Gasteiger partial charge in [0.2, 0.25) is 5.91 Å². The molecule has 4 fully saturated rings. The number of hydrogen-bond donors (Lipinski definition) is 0. The smallest absolute Gasteiger partial charge is 0.233 e. The van der Waals surface area contributed by atoms with E-state index >= 15 is 0 Å². The number of carbonyl (C=O) groups is 1. The maximum absolute atomic E-state index is 12.5. The standard InChI is InChI=1S/C17H27N5OS/c1-19-7-4-18-17(19)24-13-16(23)22-10-8-21(9-11-22)15-12-20-5-2-14(15)3-6-20/h4,7,14-15H,2-3,5-6,8-13H2,1H3. The van der Waals surface area contributed by atoms with Crippen LogP contribution in [-0.2, 0) is 11.8 Å². The number of rotatable bonds is 4. The molecule has 1 aromatic heterocycles. The summed E-state index contributed by atoms with van der Waals surface area (Å²) in [6.07, 6.45) is 6.42. The molecule has 0 spiro atoms. The molecule has 1 unspecified atom stereocenters. The van der Waals surface area contributed by atoms with Gasteiger partial charge in [-0.15, -0.1) is 0 Å². The molecule has 4 aliphatic heterocycles. The maximum atomic E-state index is 12.5. The second-order valence-corrected chi connectivity index (χ2v) is 8.17. The lowest BCUT2D eigenvalue weighted by Gasteiger charge is -2.51. The van der Waals surface area contributed by atoms with E-state index in [0.29, 0.717) is 5.75 Å². The number of piperazine rings is 1. The average molecular weight is 350 g/mol. The van der Waals surface area contributed by atoms with Gasteiger partial charge in [0.1, 0.15) is 0 Å². The molecular formula is C17H27N5OS. The summed E-state index contributed by atoms with van der Waals surface area (Å²) in [5, 5.41) is 0.911. The molecule has 5 rings (SSSR count). The van der Waals surface area contributed by atoms with Crippen LogP contribution in [0, 0.1) is 5.92 Å². The van der Waals surface area contributed by atoms with Crippen molar-refractivity contribution in [2.45, 2.75) is 24.0 Å². The number of amides is 1. The molecule has 7 heteroatoms. The highest BCUT2D eigenvalue weighted by molar-refractivity contribution is 7.99. The molecule has 5 heterocycles. The van der Waals surface area contributed by atoms with Gasteiger partial charge in [-0.2, -0.15) is 0 Å². The normalized spacial score (nSPS) is 30.7. The highest BCUT2D eigenvalue weighted by atomic mass is 32.2. The van der Waals surface area contributed by atoms with Gasteiger partial charge < -0.3 is 14.4 Å². The predicted octanol–water partition coefficient (Wildman–Crippen LogP) is 0.751. The molecule has 0 aromatic carbocycles. The van der Waals surface area contributed by atoms with Crippen molar-refractivity contribution in [2.24, 2.45) is 13.0 Å². The summed E-state index contributed by atoms with van der Waals surface area (Å²) in [6, 6.07) is 0.728. The Morgan fingerprint density at radius 1 is 1.21 bits per heavy atom. The average Bonchev–Trinajstić information content (AvgIpc) is 3.06. The Balaban J connectivity index is 1.25. The highest BCUT2D eigenvalue weighted by Crippen LogP contribution is 2.31. The molecule has 1 atom stereocenters. The Morgan fingerprint density at radius 2 is 1.96 bits per heavy atom. The Labute approximate surface area is 148 Å². The zero-order chi connectivity index (χ0) is 16.5. The van der Waals surface area contributed by atoms with Crippen LogP contribution in [0.1, 0.15) is 12.8 Å². The largest absolute Gasteiger partial charge is 0.339 e. The van der Waals surface area contributed by atoms with E-state index in [4.69, 9.17) is 0 Å². The van der Waals surface area contributed by atoms with Gasteiger partial charge >= 0.3 is 0 Å². The molecule has 0 aliphatic carbocycles. The van der Waals surface area contributed by atoms with Crippen LogP contribution in [0.4, 0.5) is 0 Å². The predicted molar refractivity (Wildman–Crippen MR) is 95.0 cm³/mol. The number of aromatic nitrogens is 2. The zero-order valence-electron chi connectivity index (χ0n) is 14.4. The van der Waals surface area contributed by atoms with Crippen molar-refractivity contribution >= 4 is 17.7 Å². The lowest BCUT2D eigenvalue weighted by Crippen LogP contribution is -2.61. The monoisotopic (exact) mass is 349 g/mol. The number of fused-ring (bicyclic) bond motifs is 3. The summed E-state index contributed by atoms with van der Waals surface area (Å²) in [4.78, 5) is 24.0. The third-order valence-electron chi connectivity index (χ3n) is 5.86. The van der Waals surface area contributed by atoms with Crippen molar-refractivity contribution in [1.29, 1.82) is 0 Å². The Kier molecular flexibility index (Phi) is 4.83. The molecule has 1 aromatic rings. The van der Waals surface area contributed by atoms with Gasteiger partial charge in [0.15, 0.2) is 5.16 Å². The van der Waals surface area contributed by atoms with Crippen molar-refractivity contribution in [1.82, 2.24) is 24.3 Å². The van der Waals surface area contributed by atoms with Crippen LogP contribution >= 0.6 is 11.8 Å². The maximum Gasteiger partial charge on any atom is 0.233 e. The summed E-state index contributed by atoms with van der Waals surface area (Å²) in [5.41, 5.74) is 0. The number of hydrogen-bond acceptors (Lipinski definition) is 5. The van der Waals surface area contributed by atoms with Crippen molar-refractivity contribution in [3.63, 3.8) is 0 Å². The van der Waals surface area contributed by atoms with Gasteiger partial charge in [-0.3, -0.25) is 9.69 Å². The van der Waals surface area contributed by atoms with E-state index in [2.05, 4.69) is 14.8 Å². The molecule has 1 amide bonds. The fourth-order valence-corrected chi connectivity index (χ4v) is 5.19. The fourth-order valence-electron chi connectivity index (χ4n) is 4.36. The molecule has 0 N–H and O–H groups in total. The van der Waals surface area contributed by atoms with Crippen molar-refractivity contribution < 1.29 is 4.79 Å². The molecule has 132 valence electrons. The van der Waals surface area contributed by atoms with E-state index in [-0.39, 0.29) is 5.91 Å². The quantitative estimate of drug-likeness (QED) is 0.751. The minimum Gasteiger partial charge on any atom is -0.339 e. The van der Waals surface area contributed by atoms with E-state index < -0.39 is 0 Å². The number of carbonyl (C=O) groups excluding carboxylic acids is 1. The molecule has 4 aliphatic rings. The second kappa shape index (κ2) is 7.06. The molecule has 2 bridgehead atoms. The topological polar surface area (TPSA) is 44.6 Å². The third-order valence-corrected chi connectivity index (χ3v) is 6.90.